The first-order chi connectivity index (χ1) is 12.6. The van der Waals surface area contributed by atoms with Gasteiger partial charge < -0.3 is 10.1 Å². The molecule has 2 rings (SSSR count). The molecular formula is C20H26N2O4S. The number of benzene rings is 2. The summed E-state index contributed by atoms with van der Waals surface area (Å²) >= 11 is 0. The minimum atomic E-state index is -3.81. The number of carbonyl (C=O) groups excluding carboxylic acids is 1. The van der Waals surface area contributed by atoms with Crippen molar-refractivity contribution >= 4 is 15.9 Å². The van der Waals surface area contributed by atoms with E-state index < -0.39 is 16.1 Å². The van der Waals surface area contributed by atoms with Gasteiger partial charge in [-0.05, 0) is 51.5 Å². The highest BCUT2D eigenvalue weighted by atomic mass is 32.2. The molecule has 0 spiro atoms. The Kier molecular flexibility index (Phi) is 6.62. The molecular weight excluding hydrogens is 364 g/mol. The van der Waals surface area contributed by atoms with E-state index in [4.69, 9.17) is 4.74 Å². The van der Waals surface area contributed by atoms with Gasteiger partial charge in [0.25, 0.3) is 5.91 Å². The van der Waals surface area contributed by atoms with E-state index in [0.29, 0.717) is 5.75 Å². The van der Waals surface area contributed by atoms with Crippen LogP contribution in [0.3, 0.4) is 0 Å². The second-order valence-electron chi connectivity index (χ2n) is 6.74. The molecule has 0 bridgehead atoms. The van der Waals surface area contributed by atoms with Crippen LogP contribution in [0, 0.1) is 6.92 Å². The molecule has 146 valence electrons. The molecule has 0 aromatic heterocycles. The number of nitrogens with one attached hydrogen (secondary N) is 2. The molecule has 0 unspecified atom stereocenters. The third-order valence-corrected chi connectivity index (χ3v) is 5.59. The van der Waals surface area contributed by atoms with E-state index in [1.807, 2.05) is 45.0 Å². The Bertz CT molecular complexity index is 906. The molecule has 2 aromatic rings. The normalized spacial score (nSPS) is 12.7. The van der Waals surface area contributed by atoms with Gasteiger partial charge in [0.2, 0.25) is 10.0 Å². The molecule has 0 aliphatic carbocycles. The monoisotopic (exact) mass is 390 g/mol. The zero-order chi connectivity index (χ0) is 20.2. The van der Waals surface area contributed by atoms with E-state index >= 15 is 0 Å². The molecule has 0 fully saturated rings. The summed E-state index contributed by atoms with van der Waals surface area (Å²) in [5.41, 5.74) is 2.14. The summed E-state index contributed by atoms with van der Waals surface area (Å²) in [5.74, 6) is -0.0656. The van der Waals surface area contributed by atoms with E-state index in [0.717, 1.165) is 11.1 Å². The average molecular weight is 391 g/mol. The number of methoxy groups -OCH3 is 1. The fraction of sp³-hybridized carbons (Fsp3) is 0.350. The first kappa shape index (κ1) is 20.9. The number of hydrogen-bond acceptors (Lipinski definition) is 4. The molecule has 7 heteroatoms. The first-order valence-electron chi connectivity index (χ1n) is 8.72. The van der Waals surface area contributed by atoms with Crippen LogP contribution in [0.25, 0.3) is 0 Å². The lowest BCUT2D eigenvalue weighted by Crippen LogP contribution is -2.31. The molecule has 2 N–H and O–H groups in total. The zero-order valence-corrected chi connectivity index (χ0v) is 17.1. The van der Waals surface area contributed by atoms with Gasteiger partial charge in [-0.3, -0.25) is 4.79 Å². The van der Waals surface area contributed by atoms with E-state index in [2.05, 4.69) is 10.0 Å². The maximum atomic E-state index is 12.8. The highest BCUT2D eigenvalue weighted by Gasteiger charge is 2.22. The molecule has 1 atom stereocenters. The molecule has 1 amide bonds. The van der Waals surface area contributed by atoms with Crippen LogP contribution >= 0.6 is 0 Å². The van der Waals surface area contributed by atoms with Gasteiger partial charge in [-0.25, -0.2) is 13.1 Å². The predicted octanol–water partition coefficient (Wildman–Crippen LogP) is 3.18. The Morgan fingerprint density at radius 2 is 1.67 bits per heavy atom. The van der Waals surface area contributed by atoms with E-state index in [1.54, 1.807) is 6.92 Å². The lowest BCUT2D eigenvalue weighted by molar-refractivity contribution is 0.0940. The largest absolute Gasteiger partial charge is 0.496 e. The highest BCUT2D eigenvalue weighted by molar-refractivity contribution is 7.89. The molecule has 0 radical (unpaired) electrons. The van der Waals surface area contributed by atoms with Crippen LogP contribution < -0.4 is 14.8 Å². The van der Waals surface area contributed by atoms with E-state index in [9.17, 15) is 13.2 Å². The Labute approximate surface area is 161 Å². The van der Waals surface area contributed by atoms with Crippen molar-refractivity contribution in [3.8, 4) is 5.75 Å². The number of sulfonamides is 1. The number of carbonyl (C=O) groups is 1. The van der Waals surface area contributed by atoms with Crippen LogP contribution in [0.2, 0.25) is 0 Å². The molecule has 0 aliphatic rings. The third-order valence-electron chi connectivity index (χ3n) is 4.05. The molecule has 0 heterocycles. The van der Waals surface area contributed by atoms with E-state index in [-0.39, 0.29) is 22.4 Å². The molecule has 0 saturated heterocycles. The highest BCUT2D eigenvalue weighted by Crippen LogP contribution is 2.24. The summed E-state index contributed by atoms with van der Waals surface area (Å²) in [5, 5.41) is 2.75. The standard InChI is InChI=1S/C20H26N2O4S/c1-13(2)21-20(23)18-12-17(10-11-19(18)26-5)27(24,25)22-15(4)16-8-6-14(3)7-9-16/h6-13,15,22H,1-5H3,(H,21,23)/t15-/m1/s1. The summed E-state index contributed by atoms with van der Waals surface area (Å²) in [4.78, 5) is 12.4. The van der Waals surface area contributed by atoms with Gasteiger partial charge in [0.05, 0.1) is 17.6 Å². The fourth-order valence-electron chi connectivity index (χ4n) is 2.60. The second kappa shape index (κ2) is 8.54. The van der Waals surface area contributed by atoms with Crippen LogP contribution in [-0.2, 0) is 10.0 Å². The van der Waals surface area contributed by atoms with Crippen LogP contribution in [0.15, 0.2) is 47.4 Å². The van der Waals surface area contributed by atoms with E-state index in [1.165, 1.54) is 25.3 Å². The number of ether oxygens (including phenoxy) is 1. The Balaban J connectivity index is 2.32. The fourth-order valence-corrected chi connectivity index (χ4v) is 3.85. The SMILES string of the molecule is COc1ccc(S(=O)(=O)N[C@H](C)c2ccc(C)cc2)cc1C(=O)NC(C)C. The maximum absolute atomic E-state index is 12.8. The number of rotatable bonds is 7. The van der Waals surface area contributed by atoms with Crippen molar-refractivity contribution in [2.45, 2.75) is 44.7 Å². The average Bonchev–Trinajstić information content (AvgIpc) is 2.60. The van der Waals surface area contributed by atoms with Crippen LogP contribution in [0.4, 0.5) is 0 Å². The summed E-state index contributed by atoms with van der Waals surface area (Å²) < 4.78 is 33.4. The number of aryl methyl sites for hydroxylation is 1. The van der Waals surface area contributed by atoms with Gasteiger partial charge in [-0.1, -0.05) is 29.8 Å². The summed E-state index contributed by atoms with van der Waals surface area (Å²) in [6.45, 7) is 7.41. The maximum Gasteiger partial charge on any atom is 0.255 e. The molecule has 0 saturated carbocycles. The van der Waals surface area contributed by atoms with Crippen molar-refractivity contribution < 1.29 is 17.9 Å². The zero-order valence-electron chi connectivity index (χ0n) is 16.2. The Morgan fingerprint density at radius 3 is 2.22 bits per heavy atom. The minimum absolute atomic E-state index is 0.0103. The van der Waals surface area contributed by atoms with Crippen LogP contribution in [-0.4, -0.2) is 27.5 Å². The van der Waals surface area contributed by atoms with Gasteiger partial charge >= 0.3 is 0 Å². The third kappa shape index (κ3) is 5.30. The van der Waals surface area contributed by atoms with Crippen molar-refractivity contribution in [3.05, 3.63) is 59.2 Å². The van der Waals surface area contributed by atoms with Gasteiger partial charge in [-0.2, -0.15) is 0 Å². The van der Waals surface area contributed by atoms with Crippen molar-refractivity contribution in [3.63, 3.8) is 0 Å². The summed E-state index contributed by atoms with van der Waals surface area (Å²) in [7, 11) is -2.37. The van der Waals surface area contributed by atoms with Crippen LogP contribution in [0.1, 0.15) is 48.3 Å². The number of hydrogen-bond donors (Lipinski definition) is 2. The van der Waals surface area contributed by atoms with Gasteiger partial charge in [-0.15, -0.1) is 0 Å². The lowest BCUT2D eigenvalue weighted by atomic mass is 10.1. The van der Waals surface area contributed by atoms with Crippen molar-refractivity contribution in [1.29, 1.82) is 0 Å². The number of amides is 1. The Hall–Kier alpha value is -2.38. The molecule has 0 aliphatic heterocycles. The first-order valence-corrected chi connectivity index (χ1v) is 10.2. The van der Waals surface area contributed by atoms with Gasteiger partial charge in [0.15, 0.2) is 0 Å². The summed E-state index contributed by atoms with van der Waals surface area (Å²) in [6, 6.07) is 11.4. The molecule has 27 heavy (non-hydrogen) atoms. The van der Waals surface area contributed by atoms with Crippen LogP contribution in [0.5, 0.6) is 5.75 Å². The van der Waals surface area contributed by atoms with Gasteiger partial charge in [0.1, 0.15) is 5.75 Å². The van der Waals surface area contributed by atoms with Crippen molar-refractivity contribution in [2.24, 2.45) is 0 Å². The quantitative estimate of drug-likeness (QED) is 0.760. The molecule has 6 nitrogen and oxygen atoms in total. The summed E-state index contributed by atoms with van der Waals surface area (Å²) in [6.07, 6.45) is 0. The van der Waals surface area contributed by atoms with Crippen molar-refractivity contribution in [1.82, 2.24) is 10.0 Å². The van der Waals surface area contributed by atoms with Crippen molar-refractivity contribution in [2.75, 3.05) is 7.11 Å². The van der Waals surface area contributed by atoms with Gasteiger partial charge in [0, 0.05) is 12.1 Å². The Morgan fingerprint density at radius 1 is 1.04 bits per heavy atom. The minimum Gasteiger partial charge on any atom is -0.496 e. The lowest BCUT2D eigenvalue weighted by Gasteiger charge is -2.17. The smallest absolute Gasteiger partial charge is 0.255 e. The topological polar surface area (TPSA) is 84.5 Å². The molecule has 2 aromatic carbocycles. The predicted molar refractivity (Wildman–Crippen MR) is 106 cm³/mol. The second-order valence-corrected chi connectivity index (χ2v) is 8.46.